The molecule has 0 saturated carbocycles. The maximum absolute atomic E-state index is 5.88. The highest BCUT2D eigenvalue weighted by molar-refractivity contribution is 5.70. The molecule has 0 unspecified atom stereocenters. The largest absolute Gasteiger partial charge is 0.403 e. The first-order valence-electron chi connectivity index (χ1n) is 5.85. The van der Waals surface area contributed by atoms with Crippen molar-refractivity contribution in [3.63, 3.8) is 0 Å². The number of nitrogens with two attached hydrogens (primary N) is 1. The SMILES string of the molecule is Nc1ccccc1-c1nnc(N2CCOCC2)o1. The zero-order valence-electron chi connectivity index (χ0n) is 9.87. The first-order valence-corrected chi connectivity index (χ1v) is 5.85. The Kier molecular flexibility index (Phi) is 2.85. The molecular formula is C12H14N4O2. The molecule has 1 aliphatic heterocycles. The Hall–Kier alpha value is -2.08. The molecule has 2 aromatic rings. The van der Waals surface area contributed by atoms with Crippen molar-refractivity contribution in [3.05, 3.63) is 24.3 Å². The van der Waals surface area contributed by atoms with Gasteiger partial charge in [0, 0.05) is 18.8 Å². The Morgan fingerprint density at radius 1 is 1.11 bits per heavy atom. The van der Waals surface area contributed by atoms with Crippen LogP contribution in [0.4, 0.5) is 11.7 Å². The summed E-state index contributed by atoms with van der Waals surface area (Å²) in [4.78, 5) is 2.01. The number of rotatable bonds is 2. The van der Waals surface area contributed by atoms with Crippen LogP contribution in [0.2, 0.25) is 0 Å². The molecule has 3 rings (SSSR count). The number of aromatic nitrogens is 2. The molecule has 0 amide bonds. The summed E-state index contributed by atoms with van der Waals surface area (Å²) in [7, 11) is 0. The summed E-state index contributed by atoms with van der Waals surface area (Å²) < 4.78 is 10.9. The average Bonchev–Trinajstić information content (AvgIpc) is 2.90. The van der Waals surface area contributed by atoms with Gasteiger partial charge in [0.1, 0.15) is 0 Å². The second kappa shape index (κ2) is 4.66. The average molecular weight is 246 g/mol. The summed E-state index contributed by atoms with van der Waals surface area (Å²) in [6, 6.07) is 7.97. The van der Waals surface area contributed by atoms with Crippen molar-refractivity contribution >= 4 is 11.7 Å². The van der Waals surface area contributed by atoms with Gasteiger partial charge in [-0.1, -0.05) is 17.2 Å². The van der Waals surface area contributed by atoms with Crippen molar-refractivity contribution in [3.8, 4) is 11.5 Å². The highest BCUT2D eigenvalue weighted by Crippen LogP contribution is 2.26. The molecule has 18 heavy (non-hydrogen) atoms. The van der Waals surface area contributed by atoms with Crippen LogP contribution in [0.25, 0.3) is 11.5 Å². The minimum absolute atomic E-state index is 0.453. The molecule has 1 aromatic heterocycles. The third-order valence-electron chi connectivity index (χ3n) is 2.89. The topological polar surface area (TPSA) is 77.4 Å². The van der Waals surface area contributed by atoms with Crippen molar-refractivity contribution in [2.45, 2.75) is 0 Å². The lowest BCUT2D eigenvalue weighted by Gasteiger charge is -2.24. The van der Waals surface area contributed by atoms with Crippen LogP contribution in [0.1, 0.15) is 0 Å². The molecule has 6 nitrogen and oxygen atoms in total. The van der Waals surface area contributed by atoms with Gasteiger partial charge in [0.25, 0.3) is 5.89 Å². The predicted molar refractivity (Wildman–Crippen MR) is 67.2 cm³/mol. The van der Waals surface area contributed by atoms with Crippen molar-refractivity contribution in [1.29, 1.82) is 0 Å². The number of nitrogens with zero attached hydrogens (tertiary/aromatic N) is 3. The molecule has 0 atom stereocenters. The third-order valence-corrected chi connectivity index (χ3v) is 2.89. The molecule has 2 heterocycles. The molecule has 1 fully saturated rings. The quantitative estimate of drug-likeness (QED) is 0.801. The molecule has 94 valence electrons. The van der Waals surface area contributed by atoms with Crippen molar-refractivity contribution in [2.75, 3.05) is 36.9 Å². The van der Waals surface area contributed by atoms with Gasteiger partial charge in [-0.2, -0.15) is 0 Å². The van der Waals surface area contributed by atoms with Crippen LogP contribution in [-0.4, -0.2) is 36.5 Å². The lowest BCUT2D eigenvalue weighted by atomic mass is 10.2. The normalized spacial score (nSPS) is 15.9. The van der Waals surface area contributed by atoms with Gasteiger partial charge in [-0.3, -0.25) is 0 Å². The van der Waals surface area contributed by atoms with E-state index in [9.17, 15) is 0 Å². The zero-order valence-corrected chi connectivity index (χ0v) is 9.87. The summed E-state index contributed by atoms with van der Waals surface area (Å²) in [6.45, 7) is 2.91. The molecule has 0 radical (unpaired) electrons. The van der Waals surface area contributed by atoms with Crippen LogP contribution in [-0.2, 0) is 4.74 Å². The van der Waals surface area contributed by atoms with Crippen LogP contribution in [0.5, 0.6) is 0 Å². The van der Waals surface area contributed by atoms with E-state index in [1.54, 1.807) is 0 Å². The fourth-order valence-corrected chi connectivity index (χ4v) is 1.90. The Morgan fingerprint density at radius 3 is 2.67 bits per heavy atom. The second-order valence-electron chi connectivity index (χ2n) is 4.08. The van der Waals surface area contributed by atoms with Gasteiger partial charge in [0.2, 0.25) is 0 Å². The minimum atomic E-state index is 0.453. The van der Waals surface area contributed by atoms with Gasteiger partial charge in [-0.05, 0) is 12.1 Å². The Morgan fingerprint density at radius 2 is 1.89 bits per heavy atom. The number of ether oxygens (including phenoxy) is 1. The van der Waals surface area contributed by atoms with Gasteiger partial charge in [0.15, 0.2) is 0 Å². The first-order chi connectivity index (χ1) is 8.84. The molecule has 6 heteroatoms. The molecule has 0 aliphatic carbocycles. The number of hydrogen-bond acceptors (Lipinski definition) is 6. The summed E-state index contributed by atoms with van der Waals surface area (Å²) in [5, 5.41) is 8.10. The van der Waals surface area contributed by atoms with E-state index in [-0.39, 0.29) is 0 Å². The summed E-state index contributed by atoms with van der Waals surface area (Å²) in [5.74, 6) is 0.453. The number of benzene rings is 1. The molecule has 2 N–H and O–H groups in total. The van der Waals surface area contributed by atoms with E-state index in [0.29, 0.717) is 30.8 Å². The lowest BCUT2D eigenvalue weighted by molar-refractivity contribution is 0.120. The number of hydrogen-bond donors (Lipinski definition) is 1. The Labute approximate surface area is 104 Å². The number of para-hydroxylation sites is 1. The van der Waals surface area contributed by atoms with Crippen LogP contribution in [0.15, 0.2) is 28.7 Å². The molecular weight excluding hydrogens is 232 g/mol. The van der Waals surface area contributed by atoms with Crippen molar-refractivity contribution in [2.24, 2.45) is 0 Å². The third kappa shape index (κ3) is 2.02. The summed E-state index contributed by atoms with van der Waals surface area (Å²) >= 11 is 0. The number of morpholine rings is 1. The van der Waals surface area contributed by atoms with Crippen LogP contribution < -0.4 is 10.6 Å². The van der Waals surface area contributed by atoms with E-state index in [4.69, 9.17) is 14.9 Å². The molecule has 1 aromatic carbocycles. The van der Waals surface area contributed by atoms with Gasteiger partial charge >= 0.3 is 6.01 Å². The van der Waals surface area contributed by atoms with Crippen LogP contribution in [0, 0.1) is 0 Å². The van der Waals surface area contributed by atoms with E-state index in [1.807, 2.05) is 29.2 Å². The molecule has 1 saturated heterocycles. The van der Waals surface area contributed by atoms with Gasteiger partial charge in [-0.25, -0.2) is 0 Å². The lowest BCUT2D eigenvalue weighted by Crippen LogP contribution is -2.36. The Balaban J connectivity index is 1.87. The second-order valence-corrected chi connectivity index (χ2v) is 4.08. The monoisotopic (exact) mass is 246 g/mol. The Bertz CT molecular complexity index is 534. The molecule has 0 spiro atoms. The van der Waals surface area contributed by atoms with Crippen molar-refractivity contribution in [1.82, 2.24) is 10.2 Å². The van der Waals surface area contributed by atoms with Crippen LogP contribution in [0.3, 0.4) is 0 Å². The van der Waals surface area contributed by atoms with Gasteiger partial charge < -0.3 is 19.8 Å². The standard InChI is InChI=1S/C12H14N4O2/c13-10-4-2-1-3-9(10)11-14-15-12(18-11)16-5-7-17-8-6-16/h1-4H,5-8,13H2. The maximum Gasteiger partial charge on any atom is 0.318 e. The minimum Gasteiger partial charge on any atom is -0.403 e. The fourth-order valence-electron chi connectivity index (χ4n) is 1.90. The van der Waals surface area contributed by atoms with E-state index in [2.05, 4.69) is 10.2 Å². The van der Waals surface area contributed by atoms with E-state index < -0.39 is 0 Å². The smallest absolute Gasteiger partial charge is 0.318 e. The highest BCUT2D eigenvalue weighted by atomic mass is 16.5. The maximum atomic E-state index is 5.88. The summed E-state index contributed by atoms with van der Waals surface area (Å²) in [6.07, 6.45) is 0. The fraction of sp³-hybridized carbons (Fsp3) is 0.333. The zero-order chi connectivity index (χ0) is 12.4. The number of nitrogen functional groups attached to an aromatic ring is 1. The molecule has 0 bridgehead atoms. The predicted octanol–water partition coefficient (Wildman–Crippen LogP) is 1.16. The van der Waals surface area contributed by atoms with E-state index in [1.165, 1.54) is 0 Å². The van der Waals surface area contributed by atoms with Crippen LogP contribution >= 0.6 is 0 Å². The molecule has 1 aliphatic rings. The van der Waals surface area contributed by atoms with E-state index in [0.717, 1.165) is 18.7 Å². The van der Waals surface area contributed by atoms with Gasteiger partial charge in [0.05, 0.1) is 18.8 Å². The summed E-state index contributed by atoms with van der Waals surface area (Å²) in [5.41, 5.74) is 7.28. The number of anilines is 2. The highest BCUT2D eigenvalue weighted by Gasteiger charge is 2.18. The van der Waals surface area contributed by atoms with Crippen molar-refractivity contribution < 1.29 is 9.15 Å². The first kappa shape index (κ1) is 11.0. The van der Waals surface area contributed by atoms with Gasteiger partial charge in [-0.15, -0.1) is 5.10 Å². The van der Waals surface area contributed by atoms with E-state index >= 15 is 0 Å².